The smallest absolute Gasteiger partial charge is 0.277 e. The number of nitrogens with one attached hydrogen (secondary N) is 1. The number of alkyl halides is 3. The molecule has 0 radical (unpaired) electrons. The van der Waals surface area contributed by atoms with E-state index in [1.54, 1.807) is 0 Å². The topological polar surface area (TPSA) is 52.9 Å². The minimum atomic E-state index is -2.02. The second-order valence-electron chi connectivity index (χ2n) is 4.79. The molecule has 1 aliphatic rings. The number of carbonyl (C=O) groups is 1. The molecular formula is C13H13Cl3N2OS. The van der Waals surface area contributed by atoms with Gasteiger partial charge < -0.3 is 5.32 Å². The molecule has 1 amide bonds. The Hall–Kier alpha value is -0.470. The van der Waals surface area contributed by atoms with Gasteiger partial charge in [-0.3, -0.25) is 4.79 Å². The lowest BCUT2D eigenvalue weighted by molar-refractivity contribution is -0.115. The van der Waals surface area contributed by atoms with E-state index in [1.807, 2.05) is 0 Å². The Balaban J connectivity index is 2.30. The van der Waals surface area contributed by atoms with Crippen LogP contribution in [0.3, 0.4) is 0 Å². The number of hydrogen-bond donors (Lipinski definition) is 1. The molecule has 0 fully saturated rings. The molecule has 1 aromatic heterocycles. The molecule has 0 spiro atoms. The Labute approximate surface area is 136 Å². The summed E-state index contributed by atoms with van der Waals surface area (Å²) in [6.07, 6.45) is 4.02. The maximum absolute atomic E-state index is 11.7. The molecule has 108 valence electrons. The first-order valence-corrected chi connectivity index (χ1v) is 8.24. The van der Waals surface area contributed by atoms with E-state index in [2.05, 4.69) is 18.3 Å². The molecule has 1 aromatic rings. The Kier molecular flexibility index (Phi) is 4.86. The SMILES string of the molecule is CCC1CCc2c(sc(NC(=O)C(Cl)(Cl)Cl)c2C#N)C1. The highest BCUT2D eigenvalue weighted by Crippen LogP contribution is 2.40. The van der Waals surface area contributed by atoms with Crippen LogP contribution in [0.4, 0.5) is 5.00 Å². The van der Waals surface area contributed by atoms with E-state index in [0.717, 1.165) is 31.2 Å². The van der Waals surface area contributed by atoms with Crippen molar-refractivity contribution in [2.24, 2.45) is 5.92 Å². The molecule has 0 aromatic carbocycles. The first-order valence-electron chi connectivity index (χ1n) is 6.29. The van der Waals surface area contributed by atoms with Crippen LogP contribution < -0.4 is 5.32 Å². The monoisotopic (exact) mass is 350 g/mol. The van der Waals surface area contributed by atoms with Crippen LogP contribution in [0.1, 0.15) is 35.8 Å². The van der Waals surface area contributed by atoms with E-state index < -0.39 is 9.70 Å². The predicted octanol–water partition coefficient (Wildman–Crippen LogP) is 4.44. The van der Waals surface area contributed by atoms with Crippen molar-refractivity contribution in [3.05, 3.63) is 16.0 Å². The van der Waals surface area contributed by atoms with Crippen LogP contribution in [-0.4, -0.2) is 9.70 Å². The lowest BCUT2D eigenvalue weighted by atomic mass is 9.86. The Bertz CT molecular complexity index is 571. The summed E-state index contributed by atoms with van der Waals surface area (Å²) in [6.45, 7) is 2.17. The van der Waals surface area contributed by atoms with Crippen molar-refractivity contribution < 1.29 is 4.79 Å². The van der Waals surface area contributed by atoms with Gasteiger partial charge in [-0.2, -0.15) is 5.26 Å². The molecule has 1 unspecified atom stereocenters. The van der Waals surface area contributed by atoms with Gasteiger partial charge >= 0.3 is 0 Å². The highest BCUT2D eigenvalue weighted by Gasteiger charge is 2.33. The molecule has 3 nitrogen and oxygen atoms in total. The van der Waals surface area contributed by atoms with Crippen molar-refractivity contribution in [2.45, 2.75) is 36.4 Å². The van der Waals surface area contributed by atoms with Gasteiger partial charge in [0.1, 0.15) is 11.1 Å². The summed E-state index contributed by atoms with van der Waals surface area (Å²) in [5.74, 6) is -0.0888. The zero-order valence-electron chi connectivity index (χ0n) is 10.8. The summed E-state index contributed by atoms with van der Waals surface area (Å²) in [4.78, 5) is 12.9. The maximum Gasteiger partial charge on any atom is 0.277 e. The van der Waals surface area contributed by atoms with Gasteiger partial charge in [0.2, 0.25) is 0 Å². The van der Waals surface area contributed by atoms with Crippen LogP contribution in [0.25, 0.3) is 0 Å². The number of nitriles is 1. The summed E-state index contributed by atoms with van der Waals surface area (Å²) in [7, 11) is 0. The van der Waals surface area contributed by atoms with Crippen LogP contribution in [0.2, 0.25) is 0 Å². The number of hydrogen-bond acceptors (Lipinski definition) is 3. The minimum absolute atomic E-state index is 0.491. The number of carbonyl (C=O) groups excluding carboxylic acids is 1. The lowest BCUT2D eigenvalue weighted by Crippen LogP contribution is -2.26. The molecule has 0 saturated carbocycles. The molecule has 0 bridgehead atoms. The zero-order valence-corrected chi connectivity index (χ0v) is 13.9. The second-order valence-corrected chi connectivity index (χ2v) is 8.18. The van der Waals surface area contributed by atoms with Crippen LogP contribution >= 0.6 is 46.1 Å². The summed E-state index contributed by atoms with van der Waals surface area (Å²) < 4.78 is -2.02. The van der Waals surface area contributed by atoms with Crippen molar-refractivity contribution in [3.8, 4) is 6.07 Å². The van der Waals surface area contributed by atoms with Gasteiger partial charge in [-0.15, -0.1) is 11.3 Å². The number of nitrogens with zero attached hydrogens (tertiary/aromatic N) is 1. The largest absolute Gasteiger partial charge is 0.313 e. The quantitative estimate of drug-likeness (QED) is 0.801. The van der Waals surface area contributed by atoms with Gasteiger partial charge in [0.25, 0.3) is 9.70 Å². The van der Waals surface area contributed by atoms with Crippen molar-refractivity contribution in [2.75, 3.05) is 5.32 Å². The fourth-order valence-corrected chi connectivity index (χ4v) is 3.83. The highest BCUT2D eigenvalue weighted by molar-refractivity contribution is 7.16. The molecule has 0 aliphatic heterocycles. The third-order valence-corrected chi connectivity index (χ3v) is 5.23. The van der Waals surface area contributed by atoms with E-state index in [1.165, 1.54) is 16.2 Å². The van der Waals surface area contributed by atoms with Gasteiger partial charge in [-0.05, 0) is 30.7 Å². The number of thiophene rings is 1. The van der Waals surface area contributed by atoms with Crippen LogP contribution in [0.15, 0.2) is 0 Å². The molecule has 1 N–H and O–H groups in total. The number of rotatable bonds is 2. The van der Waals surface area contributed by atoms with Gasteiger partial charge in [-0.25, -0.2) is 0 Å². The average Bonchev–Trinajstić information content (AvgIpc) is 2.73. The summed E-state index contributed by atoms with van der Waals surface area (Å²) in [5, 5.41) is 12.4. The molecule has 1 aliphatic carbocycles. The van der Waals surface area contributed by atoms with Gasteiger partial charge in [0, 0.05) is 4.88 Å². The normalized spacial score (nSPS) is 18.2. The van der Waals surface area contributed by atoms with Crippen LogP contribution in [-0.2, 0) is 17.6 Å². The third-order valence-electron chi connectivity index (χ3n) is 3.54. The minimum Gasteiger partial charge on any atom is -0.313 e. The maximum atomic E-state index is 11.7. The van der Waals surface area contributed by atoms with Gasteiger partial charge in [0.15, 0.2) is 0 Å². The molecular weight excluding hydrogens is 339 g/mol. The summed E-state index contributed by atoms with van der Waals surface area (Å²) >= 11 is 18.0. The summed E-state index contributed by atoms with van der Waals surface area (Å²) in [5.41, 5.74) is 1.56. The predicted molar refractivity (Wildman–Crippen MR) is 83.8 cm³/mol. The average molecular weight is 352 g/mol. The summed E-state index contributed by atoms with van der Waals surface area (Å²) in [6, 6.07) is 2.16. The van der Waals surface area contributed by atoms with E-state index in [4.69, 9.17) is 34.8 Å². The highest BCUT2D eigenvalue weighted by atomic mass is 35.6. The van der Waals surface area contributed by atoms with E-state index in [0.29, 0.717) is 16.5 Å². The number of amides is 1. The van der Waals surface area contributed by atoms with E-state index in [-0.39, 0.29) is 0 Å². The van der Waals surface area contributed by atoms with E-state index in [9.17, 15) is 10.1 Å². The zero-order chi connectivity index (χ0) is 14.9. The molecule has 7 heteroatoms. The Morgan fingerprint density at radius 3 is 2.80 bits per heavy atom. The fraction of sp³-hybridized carbons (Fsp3) is 0.538. The Morgan fingerprint density at radius 2 is 2.25 bits per heavy atom. The number of halogens is 3. The van der Waals surface area contributed by atoms with E-state index >= 15 is 0 Å². The standard InChI is InChI=1S/C13H13Cl3N2OS/c1-2-7-3-4-8-9(6-17)11(20-10(8)5-7)18-12(19)13(14,15)16/h7H,2-5H2,1H3,(H,18,19). The van der Waals surface area contributed by atoms with Crippen molar-refractivity contribution in [3.63, 3.8) is 0 Å². The van der Waals surface area contributed by atoms with Crippen molar-refractivity contribution >= 4 is 57.0 Å². The second kappa shape index (κ2) is 6.11. The van der Waals surface area contributed by atoms with Gasteiger partial charge in [-0.1, -0.05) is 48.1 Å². The fourth-order valence-electron chi connectivity index (χ4n) is 2.38. The molecule has 2 rings (SSSR count). The van der Waals surface area contributed by atoms with Gasteiger partial charge in [0.05, 0.1) is 5.56 Å². The van der Waals surface area contributed by atoms with Crippen LogP contribution in [0, 0.1) is 17.2 Å². The molecule has 1 atom stereocenters. The number of anilines is 1. The molecule has 20 heavy (non-hydrogen) atoms. The third kappa shape index (κ3) is 3.23. The first-order chi connectivity index (χ1) is 9.36. The van der Waals surface area contributed by atoms with Crippen molar-refractivity contribution in [1.29, 1.82) is 5.26 Å². The Morgan fingerprint density at radius 1 is 1.55 bits per heavy atom. The lowest BCUT2D eigenvalue weighted by Gasteiger charge is -2.20. The molecule has 0 saturated heterocycles. The number of fused-ring (bicyclic) bond motifs is 1. The van der Waals surface area contributed by atoms with Crippen molar-refractivity contribution in [1.82, 2.24) is 0 Å². The molecule has 1 heterocycles. The first kappa shape index (κ1) is 15.9. The van der Waals surface area contributed by atoms with Crippen LogP contribution in [0.5, 0.6) is 0 Å².